The Morgan fingerprint density at radius 1 is 1.32 bits per heavy atom. The van der Waals surface area contributed by atoms with E-state index >= 15 is 0 Å². The third-order valence-corrected chi connectivity index (χ3v) is 7.08. The highest BCUT2D eigenvalue weighted by Crippen LogP contribution is 2.34. The number of rotatable bonds is 6. The first-order valence-corrected chi connectivity index (χ1v) is 9.93. The Balaban J connectivity index is 2.29. The number of hydrogen-bond acceptors (Lipinski definition) is 5. The molecule has 5 nitrogen and oxygen atoms in total. The number of carbonyl (C=O) groups is 1. The summed E-state index contributed by atoms with van der Waals surface area (Å²) in [5.41, 5.74) is 0.289. The summed E-state index contributed by atoms with van der Waals surface area (Å²) >= 11 is 1.04. The van der Waals surface area contributed by atoms with Crippen molar-refractivity contribution < 1.29 is 31.5 Å². The lowest BCUT2D eigenvalue weighted by atomic mass is 10.3. The molecular formula is C14H12F3NO4S3. The van der Waals surface area contributed by atoms with E-state index in [9.17, 15) is 26.4 Å². The van der Waals surface area contributed by atoms with Crippen molar-refractivity contribution in [2.75, 3.05) is 10.5 Å². The number of carboxylic acids is 1. The zero-order chi connectivity index (χ0) is 18.8. The first-order chi connectivity index (χ1) is 11.5. The smallest absolute Gasteiger partial charge is 0.398 e. The van der Waals surface area contributed by atoms with E-state index in [2.05, 4.69) is 4.72 Å². The van der Waals surface area contributed by atoms with Crippen molar-refractivity contribution in [2.24, 2.45) is 0 Å². The van der Waals surface area contributed by atoms with Crippen molar-refractivity contribution >= 4 is 44.8 Å². The third kappa shape index (κ3) is 5.13. The Kier molecular flexibility index (Phi) is 5.69. The van der Waals surface area contributed by atoms with E-state index in [-0.39, 0.29) is 25.2 Å². The van der Waals surface area contributed by atoms with Crippen LogP contribution in [0.5, 0.6) is 0 Å². The number of anilines is 1. The molecule has 0 unspecified atom stereocenters. The van der Waals surface area contributed by atoms with E-state index in [1.807, 2.05) is 0 Å². The van der Waals surface area contributed by atoms with Gasteiger partial charge in [-0.1, -0.05) is 12.1 Å². The lowest BCUT2D eigenvalue weighted by Crippen LogP contribution is -2.13. The third-order valence-electron chi connectivity index (χ3n) is 2.88. The lowest BCUT2D eigenvalue weighted by Gasteiger charge is -2.12. The van der Waals surface area contributed by atoms with E-state index < -0.39 is 27.9 Å². The number of aryl methyl sites for hydroxylation is 1. The van der Waals surface area contributed by atoms with Gasteiger partial charge in [0.1, 0.15) is 9.09 Å². The number of sulfonamides is 1. The highest BCUT2D eigenvalue weighted by atomic mass is 32.2. The second kappa shape index (κ2) is 7.26. The van der Waals surface area contributed by atoms with Gasteiger partial charge >= 0.3 is 12.1 Å². The molecule has 0 atom stereocenters. The van der Waals surface area contributed by atoms with Gasteiger partial charge < -0.3 is 5.11 Å². The first-order valence-electron chi connectivity index (χ1n) is 6.65. The number of carboxylic acid groups (broad SMARTS) is 1. The van der Waals surface area contributed by atoms with Gasteiger partial charge in [-0.15, -0.1) is 23.1 Å². The van der Waals surface area contributed by atoms with Gasteiger partial charge in [-0.05, 0) is 30.7 Å². The first kappa shape index (κ1) is 19.6. The molecule has 0 aliphatic carbocycles. The molecule has 0 saturated heterocycles. The van der Waals surface area contributed by atoms with Crippen LogP contribution in [0.2, 0.25) is 0 Å². The normalized spacial score (nSPS) is 12.2. The van der Waals surface area contributed by atoms with Gasteiger partial charge in [0.15, 0.2) is 0 Å². The highest BCUT2D eigenvalue weighted by Gasteiger charge is 2.28. The topological polar surface area (TPSA) is 83.5 Å². The molecule has 2 N–H and O–H groups in total. The lowest BCUT2D eigenvalue weighted by molar-refractivity contribution is -0.105. The van der Waals surface area contributed by atoms with Crippen LogP contribution in [0.1, 0.15) is 15.2 Å². The molecule has 0 aliphatic heterocycles. The molecule has 0 amide bonds. The number of benzene rings is 1. The van der Waals surface area contributed by atoms with Crippen LogP contribution in [-0.4, -0.2) is 31.4 Å². The fraction of sp³-hybridized carbons (Fsp3) is 0.214. The van der Waals surface area contributed by atoms with Gasteiger partial charge in [-0.25, -0.2) is 13.2 Å². The Hall–Kier alpha value is -1.72. The molecule has 25 heavy (non-hydrogen) atoms. The number of nitrogens with one attached hydrogen (secondary N) is 1. The maximum absolute atomic E-state index is 12.4. The monoisotopic (exact) mass is 411 g/mol. The van der Waals surface area contributed by atoms with Crippen LogP contribution in [0.25, 0.3) is 0 Å². The number of thiophene rings is 1. The summed E-state index contributed by atoms with van der Waals surface area (Å²) in [5.74, 6) is -2.41. The molecule has 1 aromatic heterocycles. The molecule has 11 heteroatoms. The van der Waals surface area contributed by atoms with Crippen LogP contribution in [0.3, 0.4) is 0 Å². The van der Waals surface area contributed by atoms with Crippen LogP contribution < -0.4 is 4.72 Å². The zero-order valence-electron chi connectivity index (χ0n) is 12.6. The molecule has 0 saturated carbocycles. The predicted molar refractivity (Wildman–Crippen MR) is 90.0 cm³/mol. The molecule has 2 rings (SSSR count). The molecule has 1 heterocycles. The summed E-state index contributed by atoms with van der Waals surface area (Å²) in [4.78, 5) is 11.0. The van der Waals surface area contributed by atoms with E-state index in [0.717, 1.165) is 0 Å². The summed E-state index contributed by atoms with van der Waals surface area (Å²) in [6, 6.07) is 6.90. The molecule has 0 fully saturated rings. The highest BCUT2D eigenvalue weighted by molar-refractivity contribution is 7.99. The molecule has 0 aliphatic rings. The van der Waals surface area contributed by atoms with E-state index in [0.29, 0.717) is 23.1 Å². The largest absolute Gasteiger partial charge is 0.477 e. The average Bonchev–Trinajstić information content (AvgIpc) is 2.88. The Morgan fingerprint density at radius 2 is 1.96 bits per heavy atom. The quantitative estimate of drug-likeness (QED) is 0.696. The fourth-order valence-corrected chi connectivity index (χ4v) is 5.12. The molecular weight excluding hydrogens is 399 g/mol. The molecule has 0 spiro atoms. The van der Waals surface area contributed by atoms with Gasteiger partial charge in [-0.3, -0.25) is 4.72 Å². The van der Waals surface area contributed by atoms with Crippen molar-refractivity contribution in [3.63, 3.8) is 0 Å². The summed E-state index contributed by atoms with van der Waals surface area (Å²) < 4.78 is 64.0. The second-order valence-electron chi connectivity index (χ2n) is 4.89. The van der Waals surface area contributed by atoms with Crippen molar-refractivity contribution in [1.82, 2.24) is 0 Å². The zero-order valence-corrected chi connectivity index (χ0v) is 15.1. The molecule has 0 bridgehead atoms. The summed E-state index contributed by atoms with van der Waals surface area (Å²) in [7, 11) is -4.11. The van der Waals surface area contributed by atoms with Gasteiger partial charge in [0, 0.05) is 4.90 Å². The van der Waals surface area contributed by atoms with E-state index in [4.69, 9.17) is 5.11 Å². The Bertz CT molecular complexity index is 891. The van der Waals surface area contributed by atoms with Crippen LogP contribution in [-0.2, 0) is 10.0 Å². The van der Waals surface area contributed by atoms with Crippen LogP contribution in [0, 0.1) is 6.92 Å². The predicted octanol–water partition coefficient (Wildman–Crippen LogP) is 4.21. The van der Waals surface area contributed by atoms with Crippen LogP contribution in [0.4, 0.5) is 18.9 Å². The van der Waals surface area contributed by atoms with Crippen LogP contribution in [0.15, 0.2) is 39.4 Å². The molecule has 1 aromatic carbocycles. The number of halogens is 3. The number of para-hydroxylation sites is 1. The SMILES string of the molecule is Cc1cc(S(=O)(=O)Nc2ccccc2SCC(F)(F)F)sc1C(=O)O. The minimum Gasteiger partial charge on any atom is -0.477 e. The minimum atomic E-state index is -4.39. The minimum absolute atomic E-state index is 0.000298. The maximum Gasteiger partial charge on any atom is 0.398 e. The Labute approximate surface area is 149 Å². The molecule has 2 aromatic rings. The summed E-state index contributed by atoms with van der Waals surface area (Å²) in [6.45, 7) is 1.46. The number of hydrogen-bond donors (Lipinski definition) is 2. The van der Waals surface area contributed by atoms with Gasteiger partial charge in [0.05, 0.1) is 11.4 Å². The van der Waals surface area contributed by atoms with Gasteiger partial charge in [-0.2, -0.15) is 13.2 Å². The van der Waals surface area contributed by atoms with E-state index in [1.165, 1.54) is 37.3 Å². The standard InChI is InChI=1S/C14H12F3NO4S3/c1-8-6-11(24-12(8)13(19)20)25(21,22)18-9-4-2-3-5-10(9)23-7-14(15,16)17/h2-6,18H,7H2,1H3,(H,19,20). The van der Waals surface area contributed by atoms with Crippen molar-refractivity contribution in [1.29, 1.82) is 0 Å². The number of alkyl halides is 3. The average molecular weight is 411 g/mol. The number of aromatic carboxylic acids is 1. The molecule has 0 radical (unpaired) electrons. The summed E-state index contributed by atoms with van der Waals surface area (Å²) in [5, 5.41) is 9.01. The number of thioether (sulfide) groups is 1. The van der Waals surface area contributed by atoms with Crippen molar-refractivity contribution in [3.8, 4) is 0 Å². The second-order valence-corrected chi connectivity index (χ2v) is 8.87. The van der Waals surface area contributed by atoms with Crippen molar-refractivity contribution in [3.05, 3.63) is 40.8 Å². The summed E-state index contributed by atoms with van der Waals surface area (Å²) in [6.07, 6.45) is -4.39. The van der Waals surface area contributed by atoms with Gasteiger partial charge in [0.25, 0.3) is 10.0 Å². The molecule has 136 valence electrons. The van der Waals surface area contributed by atoms with E-state index in [1.54, 1.807) is 0 Å². The van der Waals surface area contributed by atoms with Crippen LogP contribution >= 0.6 is 23.1 Å². The Morgan fingerprint density at radius 3 is 2.52 bits per heavy atom. The van der Waals surface area contributed by atoms with Gasteiger partial charge in [0.2, 0.25) is 0 Å². The fourth-order valence-electron chi connectivity index (χ4n) is 1.83. The maximum atomic E-state index is 12.4. The van der Waals surface area contributed by atoms with Crippen molar-refractivity contribution in [2.45, 2.75) is 22.2 Å².